The Morgan fingerprint density at radius 3 is 2.70 bits per heavy atom. The first-order chi connectivity index (χ1) is 11.2. The van der Waals surface area contributed by atoms with Gasteiger partial charge in [-0.05, 0) is 54.4 Å². The van der Waals surface area contributed by atoms with Crippen molar-refractivity contribution in [2.45, 2.75) is 54.7 Å². The number of benzene rings is 2. The van der Waals surface area contributed by atoms with Gasteiger partial charge in [-0.15, -0.1) is 11.8 Å². The lowest BCUT2D eigenvalue weighted by atomic mass is 9.79. The number of para-hydroxylation sites is 1. The first-order valence-electron chi connectivity index (χ1n) is 8.86. The molecule has 118 valence electrons. The lowest BCUT2D eigenvalue weighted by Gasteiger charge is -2.26. The van der Waals surface area contributed by atoms with Gasteiger partial charge in [0.15, 0.2) is 0 Å². The number of rotatable bonds is 1. The maximum Gasteiger partial charge on any atom is 0.0411 e. The molecule has 3 aliphatic rings. The second-order valence-corrected chi connectivity index (χ2v) is 8.87. The Kier molecular flexibility index (Phi) is 3.06. The molecule has 23 heavy (non-hydrogen) atoms. The number of thioether (sulfide) groups is 1. The number of hydrogen-bond acceptors (Lipinski definition) is 2. The maximum absolute atomic E-state index is 3.76. The summed E-state index contributed by atoms with van der Waals surface area (Å²) < 4.78 is 0. The van der Waals surface area contributed by atoms with Crippen LogP contribution in [0.25, 0.3) is 0 Å². The van der Waals surface area contributed by atoms with Crippen molar-refractivity contribution in [3.63, 3.8) is 0 Å². The lowest BCUT2D eigenvalue weighted by molar-refractivity contribution is 0.503. The lowest BCUT2D eigenvalue weighted by Crippen LogP contribution is -2.15. The third-order valence-electron chi connectivity index (χ3n) is 6.02. The van der Waals surface area contributed by atoms with Crippen LogP contribution in [-0.4, -0.2) is 11.3 Å². The summed E-state index contributed by atoms with van der Waals surface area (Å²) in [6.45, 7) is 4.76. The molecule has 0 aromatic heterocycles. The molecule has 2 aliphatic heterocycles. The molecular weight excluding hydrogens is 298 g/mol. The standard InChI is InChI=1S/C21H23NS/c1-12-10-18-20(15-7-3-4-9-17(15)23-18)19(12)16-8-5-6-14-11-13(2)22-21(14)16/h3-9,12-13,18-20,22H,10-11H2,1-2H3. The van der Waals surface area contributed by atoms with E-state index in [4.69, 9.17) is 0 Å². The average Bonchev–Trinajstić information content (AvgIpc) is 3.16. The zero-order valence-corrected chi connectivity index (χ0v) is 14.6. The third kappa shape index (κ3) is 2.00. The van der Waals surface area contributed by atoms with Crippen molar-refractivity contribution in [1.29, 1.82) is 0 Å². The van der Waals surface area contributed by atoms with Gasteiger partial charge in [0, 0.05) is 27.8 Å². The Balaban J connectivity index is 1.63. The summed E-state index contributed by atoms with van der Waals surface area (Å²) >= 11 is 2.12. The normalized spacial score (nSPS) is 33.9. The van der Waals surface area contributed by atoms with Crippen LogP contribution in [0, 0.1) is 5.92 Å². The highest BCUT2D eigenvalue weighted by molar-refractivity contribution is 8.00. The van der Waals surface area contributed by atoms with E-state index >= 15 is 0 Å². The highest BCUT2D eigenvalue weighted by Gasteiger charge is 2.48. The van der Waals surface area contributed by atoms with Crippen molar-refractivity contribution in [3.05, 3.63) is 59.2 Å². The van der Waals surface area contributed by atoms with Gasteiger partial charge in [0.05, 0.1) is 0 Å². The van der Waals surface area contributed by atoms with Gasteiger partial charge < -0.3 is 5.32 Å². The minimum atomic E-state index is 0.573. The van der Waals surface area contributed by atoms with Gasteiger partial charge in [-0.1, -0.05) is 43.3 Å². The molecule has 2 aromatic carbocycles. The summed E-state index contributed by atoms with van der Waals surface area (Å²) in [6.07, 6.45) is 2.51. The Labute approximate surface area is 142 Å². The van der Waals surface area contributed by atoms with E-state index in [2.05, 4.69) is 73.4 Å². The molecule has 0 spiro atoms. The Bertz CT molecular complexity index is 768. The fourth-order valence-electron chi connectivity index (χ4n) is 5.16. The third-order valence-corrected chi connectivity index (χ3v) is 7.43. The van der Waals surface area contributed by atoms with E-state index in [1.165, 1.54) is 29.0 Å². The molecule has 1 aliphatic carbocycles. The van der Waals surface area contributed by atoms with Crippen LogP contribution >= 0.6 is 11.8 Å². The van der Waals surface area contributed by atoms with Crippen LogP contribution in [0.5, 0.6) is 0 Å². The van der Waals surface area contributed by atoms with E-state index in [9.17, 15) is 0 Å². The second kappa shape index (κ2) is 5.04. The van der Waals surface area contributed by atoms with Gasteiger partial charge in [-0.2, -0.15) is 0 Å². The molecule has 0 bridgehead atoms. The van der Waals surface area contributed by atoms with E-state index in [1.807, 2.05) is 0 Å². The van der Waals surface area contributed by atoms with Crippen molar-refractivity contribution < 1.29 is 0 Å². The van der Waals surface area contributed by atoms with Gasteiger partial charge >= 0.3 is 0 Å². The predicted molar refractivity (Wildman–Crippen MR) is 98.6 cm³/mol. The molecule has 1 saturated carbocycles. The monoisotopic (exact) mass is 321 g/mol. The molecule has 2 aromatic rings. The van der Waals surface area contributed by atoms with Crippen molar-refractivity contribution >= 4 is 17.4 Å². The zero-order valence-electron chi connectivity index (χ0n) is 13.8. The summed E-state index contributed by atoms with van der Waals surface area (Å²) in [5.41, 5.74) is 6.14. The maximum atomic E-state index is 3.76. The van der Waals surface area contributed by atoms with E-state index < -0.39 is 0 Å². The molecule has 2 heteroatoms. The van der Waals surface area contributed by atoms with Crippen LogP contribution in [0.3, 0.4) is 0 Å². The molecule has 1 fully saturated rings. The second-order valence-electron chi connectivity index (χ2n) is 7.59. The number of nitrogens with one attached hydrogen (secondary N) is 1. The van der Waals surface area contributed by atoms with Gasteiger partial charge in [0.25, 0.3) is 0 Å². The van der Waals surface area contributed by atoms with Crippen LogP contribution in [0.4, 0.5) is 5.69 Å². The van der Waals surface area contributed by atoms with Crippen LogP contribution in [0.2, 0.25) is 0 Å². The van der Waals surface area contributed by atoms with Crippen molar-refractivity contribution in [3.8, 4) is 0 Å². The molecule has 0 radical (unpaired) electrons. The quantitative estimate of drug-likeness (QED) is 0.752. The van der Waals surface area contributed by atoms with Gasteiger partial charge in [-0.3, -0.25) is 0 Å². The minimum absolute atomic E-state index is 0.573. The first-order valence-corrected chi connectivity index (χ1v) is 9.74. The number of fused-ring (bicyclic) bond motifs is 4. The summed E-state index contributed by atoms with van der Waals surface area (Å²) in [5, 5.41) is 4.53. The molecular formula is C21H23NS. The van der Waals surface area contributed by atoms with Crippen LogP contribution in [0.1, 0.15) is 48.8 Å². The minimum Gasteiger partial charge on any atom is -0.382 e. The fourth-order valence-corrected chi connectivity index (χ4v) is 6.84. The zero-order chi connectivity index (χ0) is 15.6. The molecule has 5 unspecified atom stereocenters. The molecule has 2 heterocycles. The van der Waals surface area contributed by atoms with E-state index in [-0.39, 0.29) is 0 Å². The van der Waals surface area contributed by atoms with Crippen LogP contribution in [-0.2, 0) is 6.42 Å². The number of hydrogen-bond donors (Lipinski definition) is 1. The fraction of sp³-hybridized carbons (Fsp3) is 0.429. The highest BCUT2D eigenvalue weighted by atomic mass is 32.2. The Hall–Kier alpha value is -1.41. The molecule has 1 N–H and O–H groups in total. The van der Waals surface area contributed by atoms with E-state index in [1.54, 1.807) is 11.1 Å². The summed E-state index contributed by atoms with van der Waals surface area (Å²) in [4.78, 5) is 1.52. The highest BCUT2D eigenvalue weighted by Crippen LogP contribution is 2.62. The Morgan fingerprint density at radius 1 is 0.957 bits per heavy atom. The topological polar surface area (TPSA) is 12.0 Å². The van der Waals surface area contributed by atoms with Gasteiger partial charge in [0.1, 0.15) is 0 Å². The summed E-state index contributed by atoms with van der Waals surface area (Å²) in [7, 11) is 0. The van der Waals surface area contributed by atoms with Crippen molar-refractivity contribution in [2.75, 3.05) is 5.32 Å². The first kappa shape index (κ1) is 14.0. The smallest absolute Gasteiger partial charge is 0.0411 e. The molecule has 0 saturated heterocycles. The number of anilines is 1. The SMILES string of the molecule is CC1Cc2cccc(C3C(C)CC4Sc5ccccc5C43)c2N1. The van der Waals surface area contributed by atoms with Crippen molar-refractivity contribution in [1.82, 2.24) is 0 Å². The summed E-state index contributed by atoms with van der Waals surface area (Å²) in [6, 6.07) is 16.6. The van der Waals surface area contributed by atoms with E-state index in [0.29, 0.717) is 17.9 Å². The predicted octanol–water partition coefficient (Wildman–Crippen LogP) is 5.42. The van der Waals surface area contributed by atoms with Gasteiger partial charge in [-0.25, -0.2) is 0 Å². The van der Waals surface area contributed by atoms with Crippen molar-refractivity contribution in [2.24, 2.45) is 5.92 Å². The van der Waals surface area contributed by atoms with E-state index in [0.717, 1.165) is 11.2 Å². The molecule has 1 nitrogen and oxygen atoms in total. The molecule has 0 amide bonds. The van der Waals surface area contributed by atoms with Gasteiger partial charge in [0.2, 0.25) is 0 Å². The Morgan fingerprint density at radius 2 is 1.78 bits per heavy atom. The van der Waals surface area contributed by atoms with Crippen LogP contribution < -0.4 is 5.32 Å². The average molecular weight is 321 g/mol. The van der Waals surface area contributed by atoms with Crippen LogP contribution in [0.15, 0.2) is 47.4 Å². The molecule has 5 rings (SSSR count). The largest absolute Gasteiger partial charge is 0.382 e. The molecule has 5 atom stereocenters. The summed E-state index contributed by atoms with van der Waals surface area (Å²) in [5.74, 6) is 2.11.